The van der Waals surface area contributed by atoms with Crippen LogP contribution in [-0.4, -0.2) is 19.3 Å². The molecule has 0 aliphatic rings. The number of halogens is 2. The number of hydrogen-bond donors (Lipinski definition) is 1. The van der Waals surface area contributed by atoms with Crippen LogP contribution in [0.3, 0.4) is 0 Å². The molecule has 0 saturated carbocycles. The fraction of sp³-hybridized carbons (Fsp3) is 0.167. The zero-order chi connectivity index (χ0) is 20.5. The Hall–Kier alpha value is -1.92. The Morgan fingerprint density at radius 1 is 0.724 bits per heavy atom. The number of ether oxygens (including phenoxy) is 2. The van der Waals surface area contributed by atoms with Crippen molar-refractivity contribution in [3.05, 3.63) is 74.7 Å². The van der Waals surface area contributed by atoms with Crippen LogP contribution in [0.1, 0.15) is 11.1 Å². The lowest BCUT2D eigenvalue weighted by atomic mass is 9.87. The van der Waals surface area contributed by atoms with E-state index >= 15 is 0 Å². The highest BCUT2D eigenvalue weighted by Gasteiger charge is 2.20. The van der Waals surface area contributed by atoms with Gasteiger partial charge in [-0.05, 0) is 68.6 Å². The molecule has 4 rings (SSSR count). The minimum absolute atomic E-state index is 0.227. The van der Waals surface area contributed by atoms with Gasteiger partial charge >= 0.3 is 0 Å². The van der Waals surface area contributed by atoms with Crippen LogP contribution in [0.15, 0.2) is 63.5 Å². The lowest BCUT2D eigenvalue weighted by Crippen LogP contribution is -2.00. The Kier molecular flexibility index (Phi) is 5.93. The summed E-state index contributed by atoms with van der Waals surface area (Å²) in [4.78, 5) is 0. The van der Waals surface area contributed by atoms with E-state index in [1.807, 2.05) is 18.2 Å². The molecule has 0 atom stereocenters. The number of aromatic hydroxyl groups is 1. The van der Waals surface area contributed by atoms with Crippen molar-refractivity contribution in [1.29, 1.82) is 0 Å². The Morgan fingerprint density at radius 3 is 2.00 bits per heavy atom. The largest absolute Gasteiger partial charge is 0.508 e. The molecule has 148 valence electrons. The van der Waals surface area contributed by atoms with Crippen LogP contribution in [0.4, 0.5) is 0 Å². The second-order valence-corrected chi connectivity index (χ2v) is 8.78. The van der Waals surface area contributed by atoms with Crippen LogP contribution in [0.5, 0.6) is 5.75 Å². The van der Waals surface area contributed by atoms with E-state index in [9.17, 15) is 5.11 Å². The monoisotopic (exact) mass is 514 g/mol. The van der Waals surface area contributed by atoms with Gasteiger partial charge < -0.3 is 14.6 Å². The molecule has 5 heteroatoms. The molecule has 0 bridgehead atoms. The summed E-state index contributed by atoms with van der Waals surface area (Å²) in [5.41, 5.74) is 3.88. The molecule has 0 aliphatic carbocycles. The zero-order valence-corrected chi connectivity index (χ0v) is 19.3. The van der Waals surface area contributed by atoms with Gasteiger partial charge in [0.15, 0.2) is 0 Å². The first kappa shape index (κ1) is 20.4. The predicted molar refractivity (Wildman–Crippen MR) is 125 cm³/mol. The van der Waals surface area contributed by atoms with Crippen molar-refractivity contribution in [2.45, 2.75) is 13.2 Å². The van der Waals surface area contributed by atoms with Gasteiger partial charge in [-0.15, -0.1) is 0 Å². The molecule has 0 amide bonds. The first-order valence-corrected chi connectivity index (χ1v) is 10.8. The second kappa shape index (κ2) is 8.44. The van der Waals surface area contributed by atoms with Gasteiger partial charge in [-0.1, -0.05) is 56.1 Å². The van der Waals surface area contributed by atoms with Crippen LogP contribution in [-0.2, 0) is 22.7 Å². The van der Waals surface area contributed by atoms with Crippen LogP contribution < -0.4 is 0 Å². The van der Waals surface area contributed by atoms with Crippen LogP contribution in [0.25, 0.3) is 32.7 Å². The maximum atomic E-state index is 10.9. The zero-order valence-electron chi connectivity index (χ0n) is 16.1. The lowest BCUT2D eigenvalue weighted by molar-refractivity contribution is 0.182. The Labute approximate surface area is 186 Å². The van der Waals surface area contributed by atoms with Crippen molar-refractivity contribution in [3.8, 4) is 16.9 Å². The second-order valence-electron chi connectivity index (χ2n) is 6.95. The lowest BCUT2D eigenvalue weighted by Gasteiger charge is -2.20. The van der Waals surface area contributed by atoms with E-state index in [0.29, 0.717) is 13.2 Å². The van der Waals surface area contributed by atoms with Gasteiger partial charge in [0.1, 0.15) is 5.75 Å². The predicted octanol–water partition coefficient (Wildman–Crippen LogP) is 7.18. The van der Waals surface area contributed by atoms with Gasteiger partial charge in [0.2, 0.25) is 0 Å². The van der Waals surface area contributed by atoms with Gasteiger partial charge in [-0.3, -0.25) is 0 Å². The summed E-state index contributed by atoms with van der Waals surface area (Å²) >= 11 is 7.11. The normalized spacial score (nSPS) is 11.4. The van der Waals surface area contributed by atoms with Gasteiger partial charge in [0.25, 0.3) is 0 Å². The molecular formula is C24H20Br2O3. The highest BCUT2D eigenvalue weighted by Crippen LogP contribution is 2.43. The smallest absolute Gasteiger partial charge is 0.122 e. The SMILES string of the molecule is COCc1ccc2cc(Br)ccc2c1-c1c(COC)c(O)cc2cc(Br)ccc12. The van der Waals surface area contributed by atoms with E-state index in [1.165, 1.54) is 0 Å². The summed E-state index contributed by atoms with van der Waals surface area (Å²) in [6, 6.07) is 18.4. The summed E-state index contributed by atoms with van der Waals surface area (Å²) < 4.78 is 13.0. The summed E-state index contributed by atoms with van der Waals surface area (Å²) in [7, 11) is 3.34. The molecule has 3 nitrogen and oxygen atoms in total. The van der Waals surface area contributed by atoms with Crippen LogP contribution >= 0.6 is 31.9 Å². The number of methoxy groups -OCH3 is 2. The number of hydrogen-bond acceptors (Lipinski definition) is 3. The fourth-order valence-corrected chi connectivity index (χ4v) is 4.66. The third kappa shape index (κ3) is 3.80. The van der Waals surface area contributed by atoms with Gasteiger partial charge in [-0.25, -0.2) is 0 Å². The number of phenolic OH excluding ortho intramolecular Hbond substituents is 1. The molecule has 4 aromatic rings. The molecular weight excluding hydrogens is 496 g/mol. The molecule has 0 saturated heterocycles. The Bertz CT molecular complexity index is 1220. The van der Waals surface area contributed by atoms with E-state index in [1.54, 1.807) is 20.3 Å². The molecule has 0 aliphatic heterocycles. The molecule has 4 aromatic carbocycles. The van der Waals surface area contributed by atoms with Crippen molar-refractivity contribution in [3.63, 3.8) is 0 Å². The maximum Gasteiger partial charge on any atom is 0.122 e. The Morgan fingerprint density at radius 2 is 1.34 bits per heavy atom. The molecule has 1 N–H and O–H groups in total. The van der Waals surface area contributed by atoms with Crippen molar-refractivity contribution in [1.82, 2.24) is 0 Å². The van der Waals surface area contributed by atoms with Crippen molar-refractivity contribution in [2.24, 2.45) is 0 Å². The first-order chi connectivity index (χ1) is 14.0. The first-order valence-electron chi connectivity index (χ1n) is 9.17. The molecule has 0 unspecified atom stereocenters. The topological polar surface area (TPSA) is 38.7 Å². The fourth-order valence-electron chi connectivity index (χ4n) is 3.90. The van der Waals surface area contributed by atoms with Crippen molar-refractivity contribution < 1.29 is 14.6 Å². The highest BCUT2D eigenvalue weighted by atomic mass is 79.9. The Balaban J connectivity index is 2.19. The molecule has 0 radical (unpaired) electrons. The third-order valence-corrected chi connectivity index (χ3v) is 6.08. The van der Waals surface area contributed by atoms with Crippen LogP contribution in [0, 0.1) is 0 Å². The molecule has 29 heavy (non-hydrogen) atoms. The molecule has 0 heterocycles. The number of fused-ring (bicyclic) bond motifs is 2. The van der Waals surface area contributed by atoms with E-state index in [0.717, 1.165) is 52.7 Å². The summed E-state index contributed by atoms with van der Waals surface area (Å²) in [5, 5.41) is 15.1. The average molecular weight is 516 g/mol. The number of phenols is 1. The van der Waals surface area contributed by atoms with Gasteiger partial charge in [0.05, 0.1) is 13.2 Å². The van der Waals surface area contributed by atoms with Crippen molar-refractivity contribution >= 4 is 53.4 Å². The minimum Gasteiger partial charge on any atom is -0.508 e. The van der Waals surface area contributed by atoms with E-state index in [-0.39, 0.29) is 5.75 Å². The highest BCUT2D eigenvalue weighted by molar-refractivity contribution is 9.10. The minimum atomic E-state index is 0.227. The molecule has 0 aromatic heterocycles. The van der Waals surface area contributed by atoms with Crippen molar-refractivity contribution in [2.75, 3.05) is 14.2 Å². The molecule has 0 spiro atoms. The van der Waals surface area contributed by atoms with Gasteiger partial charge in [-0.2, -0.15) is 0 Å². The molecule has 0 fully saturated rings. The van der Waals surface area contributed by atoms with Crippen LogP contribution in [0.2, 0.25) is 0 Å². The van der Waals surface area contributed by atoms with E-state index in [2.05, 4.69) is 62.2 Å². The average Bonchev–Trinajstić information content (AvgIpc) is 2.69. The van der Waals surface area contributed by atoms with E-state index < -0.39 is 0 Å². The third-order valence-electron chi connectivity index (χ3n) is 5.09. The van der Waals surface area contributed by atoms with Gasteiger partial charge in [0, 0.05) is 28.7 Å². The summed E-state index contributed by atoms with van der Waals surface area (Å²) in [6.07, 6.45) is 0. The maximum absolute atomic E-state index is 10.9. The quantitative estimate of drug-likeness (QED) is 0.306. The summed E-state index contributed by atoms with van der Waals surface area (Å²) in [6.45, 7) is 0.786. The number of rotatable bonds is 5. The summed E-state index contributed by atoms with van der Waals surface area (Å²) in [5.74, 6) is 0.227. The van der Waals surface area contributed by atoms with E-state index in [4.69, 9.17) is 9.47 Å². The number of benzene rings is 4. The standard InChI is InChI=1S/C24H20Br2O3/c1-28-12-15-4-3-14-9-17(25)5-7-19(14)23(15)24-20-8-6-18(26)10-16(20)11-22(27)21(24)13-29-2/h3-11,27H,12-13H2,1-2H3.